The van der Waals surface area contributed by atoms with E-state index in [9.17, 15) is 19.8 Å². The Labute approximate surface area is 412 Å². The van der Waals surface area contributed by atoms with Crippen molar-refractivity contribution in [2.75, 3.05) is 13.2 Å². The molecule has 6 nitrogen and oxygen atoms in total. The molecule has 3 N–H and O–H groups in total. The number of amides is 1. The molecule has 0 aliphatic carbocycles. The van der Waals surface area contributed by atoms with Gasteiger partial charge in [-0.2, -0.15) is 0 Å². The fourth-order valence-corrected chi connectivity index (χ4v) is 9.46. The van der Waals surface area contributed by atoms with Gasteiger partial charge in [-0.05, 0) is 32.1 Å². The van der Waals surface area contributed by atoms with Crippen molar-refractivity contribution in [2.45, 2.75) is 347 Å². The van der Waals surface area contributed by atoms with Crippen LogP contribution >= 0.6 is 0 Å². The first kappa shape index (κ1) is 64.6. The maximum atomic E-state index is 12.4. The molecule has 0 radical (unpaired) electrons. The molecule has 2 atom stereocenters. The van der Waals surface area contributed by atoms with E-state index in [2.05, 4.69) is 19.2 Å². The van der Waals surface area contributed by atoms with E-state index in [0.717, 1.165) is 38.5 Å². The Hall–Kier alpha value is -1.40. The van der Waals surface area contributed by atoms with Crippen molar-refractivity contribution < 1.29 is 24.5 Å². The maximum absolute atomic E-state index is 12.4. The molecule has 0 fully saturated rings. The number of ether oxygens (including phenoxy) is 1. The highest BCUT2D eigenvalue weighted by molar-refractivity contribution is 5.76. The van der Waals surface area contributed by atoms with Crippen molar-refractivity contribution in [3.8, 4) is 0 Å². The number of unbranched alkanes of at least 4 members (excludes halogenated alkanes) is 45. The molecule has 0 aromatic heterocycles. The molecule has 0 aliphatic rings. The van der Waals surface area contributed by atoms with Crippen molar-refractivity contribution in [2.24, 2.45) is 0 Å². The van der Waals surface area contributed by atoms with E-state index in [1.807, 2.05) is 6.08 Å². The molecular formula is C60H117NO5. The number of aliphatic hydroxyl groups excluding tert-OH is 2. The van der Waals surface area contributed by atoms with Crippen LogP contribution in [0.2, 0.25) is 0 Å². The van der Waals surface area contributed by atoms with Gasteiger partial charge in [0.2, 0.25) is 5.91 Å². The Balaban J connectivity index is 3.33. The number of esters is 1. The number of hydrogen-bond acceptors (Lipinski definition) is 5. The summed E-state index contributed by atoms with van der Waals surface area (Å²) in [6, 6.07) is -0.624. The van der Waals surface area contributed by atoms with Gasteiger partial charge in [0.05, 0.1) is 25.4 Å². The van der Waals surface area contributed by atoms with E-state index in [0.29, 0.717) is 19.4 Å². The minimum Gasteiger partial charge on any atom is -0.466 e. The first-order chi connectivity index (χ1) is 32.5. The molecule has 0 heterocycles. The zero-order valence-corrected chi connectivity index (χ0v) is 44.7. The van der Waals surface area contributed by atoms with Crippen LogP contribution in [0, 0.1) is 0 Å². The summed E-state index contributed by atoms with van der Waals surface area (Å²) in [6.07, 6.45) is 66.9. The topological polar surface area (TPSA) is 95.9 Å². The Morgan fingerprint density at radius 1 is 0.409 bits per heavy atom. The fraction of sp³-hybridized carbons (Fsp3) is 0.933. The summed E-state index contributed by atoms with van der Waals surface area (Å²) in [6.45, 7) is 4.90. The normalized spacial score (nSPS) is 12.6. The van der Waals surface area contributed by atoms with Crippen LogP contribution < -0.4 is 5.32 Å². The molecule has 6 heteroatoms. The van der Waals surface area contributed by atoms with Gasteiger partial charge in [-0.15, -0.1) is 0 Å². The quantitative estimate of drug-likeness (QED) is 0.0321. The van der Waals surface area contributed by atoms with E-state index >= 15 is 0 Å². The molecule has 2 unspecified atom stereocenters. The van der Waals surface area contributed by atoms with Crippen LogP contribution in [0.3, 0.4) is 0 Å². The average molecular weight is 933 g/mol. The summed E-state index contributed by atoms with van der Waals surface area (Å²) < 4.78 is 5.50. The summed E-state index contributed by atoms with van der Waals surface area (Å²) in [7, 11) is 0. The number of nitrogens with one attached hydrogen (secondary N) is 1. The average Bonchev–Trinajstić information content (AvgIpc) is 3.32. The molecule has 0 spiro atoms. The SMILES string of the molecule is CCCCCCCCC/C=C/C(O)C(CO)NC(=O)CCCCCCCCCCCCCCCCCCCCCCCCCOC(=O)CCCCCCCCCCCCCCCCCCC. The van der Waals surface area contributed by atoms with Crippen molar-refractivity contribution in [3.63, 3.8) is 0 Å². The number of hydrogen-bond donors (Lipinski definition) is 3. The van der Waals surface area contributed by atoms with E-state index < -0.39 is 12.1 Å². The smallest absolute Gasteiger partial charge is 0.305 e. The zero-order chi connectivity index (χ0) is 47.9. The highest BCUT2D eigenvalue weighted by atomic mass is 16.5. The summed E-state index contributed by atoms with van der Waals surface area (Å²) in [4.78, 5) is 24.5. The minimum absolute atomic E-state index is 0.0181. The second-order valence-electron chi connectivity index (χ2n) is 20.7. The second kappa shape index (κ2) is 56.2. The third kappa shape index (κ3) is 52.0. The summed E-state index contributed by atoms with van der Waals surface area (Å²) in [5, 5.41) is 22.9. The lowest BCUT2D eigenvalue weighted by atomic mass is 10.0. The van der Waals surface area contributed by atoms with Gasteiger partial charge in [0.25, 0.3) is 0 Å². The largest absolute Gasteiger partial charge is 0.466 e. The van der Waals surface area contributed by atoms with E-state index in [1.54, 1.807) is 6.08 Å². The van der Waals surface area contributed by atoms with Gasteiger partial charge in [0.1, 0.15) is 0 Å². The Morgan fingerprint density at radius 2 is 0.697 bits per heavy atom. The predicted octanol–water partition coefficient (Wildman–Crippen LogP) is 18.5. The van der Waals surface area contributed by atoms with Gasteiger partial charge in [-0.1, -0.05) is 302 Å². The van der Waals surface area contributed by atoms with Gasteiger partial charge >= 0.3 is 5.97 Å². The monoisotopic (exact) mass is 932 g/mol. The molecule has 1 amide bonds. The van der Waals surface area contributed by atoms with Gasteiger partial charge in [-0.25, -0.2) is 0 Å². The second-order valence-corrected chi connectivity index (χ2v) is 20.7. The third-order valence-corrected chi connectivity index (χ3v) is 14.1. The van der Waals surface area contributed by atoms with Crippen LogP contribution in [-0.2, 0) is 14.3 Å². The molecule has 392 valence electrons. The molecular weight excluding hydrogens is 815 g/mol. The van der Waals surface area contributed by atoms with E-state index in [4.69, 9.17) is 4.74 Å². The number of carbonyl (C=O) groups is 2. The van der Waals surface area contributed by atoms with Crippen LogP contribution in [-0.4, -0.2) is 47.4 Å². The Morgan fingerprint density at radius 3 is 1.03 bits per heavy atom. The van der Waals surface area contributed by atoms with Gasteiger partial charge in [-0.3, -0.25) is 9.59 Å². The van der Waals surface area contributed by atoms with Crippen LogP contribution in [0.15, 0.2) is 12.2 Å². The predicted molar refractivity (Wildman–Crippen MR) is 287 cm³/mol. The molecule has 0 saturated carbocycles. The maximum Gasteiger partial charge on any atom is 0.305 e. The molecule has 0 aromatic rings. The van der Waals surface area contributed by atoms with Crippen LogP contribution in [0.4, 0.5) is 0 Å². The summed E-state index contributed by atoms with van der Waals surface area (Å²) in [5.74, 6) is -0.0508. The summed E-state index contributed by atoms with van der Waals surface area (Å²) >= 11 is 0. The first-order valence-corrected chi connectivity index (χ1v) is 30.0. The van der Waals surface area contributed by atoms with Crippen molar-refractivity contribution in [1.29, 1.82) is 0 Å². The molecule has 0 aromatic carbocycles. The number of carbonyl (C=O) groups excluding carboxylic acids is 2. The highest BCUT2D eigenvalue weighted by Gasteiger charge is 2.18. The third-order valence-electron chi connectivity index (χ3n) is 14.1. The van der Waals surface area contributed by atoms with E-state index in [1.165, 1.54) is 270 Å². The Kier molecular flexibility index (Phi) is 55.0. The summed E-state index contributed by atoms with van der Waals surface area (Å²) in [5.41, 5.74) is 0. The zero-order valence-electron chi connectivity index (χ0n) is 44.7. The lowest BCUT2D eigenvalue weighted by Crippen LogP contribution is -2.45. The van der Waals surface area contributed by atoms with Gasteiger partial charge < -0.3 is 20.3 Å². The van der Waals surface area contributed by atoms with Gasteiger partial charge in [0, 0.05) is 12.8 Å². The molecule has 0 bridgehead atoms. The van der Waals surface area contributed by atoms with Crippen molar-refractivity contribution in [1.82, 2.24) is 5.32 Å². The van der Waals surface area contributed by atoms with E-state index in [-0.39, 0.29) is 18.5 Å². The van der Waals surface area contributed by atoms with Crippen LogP contribution in [0.25, 0.3) is 0 Å². The number of rotatable bonds is 56. The van der Waals surface area contributed by atoms with Crippen molar-refractivity contribution >= 4 is 11.9 Å². The molecule has 0 aliphatic heterocycles. The number of aliphatic hydroxyl groups is 2. The Bertz CT molecular complexity index is 986. The molecule has 0 saturated heterocycles. The number of allylic oxidation sites excluding steroid dienone is 1. The fourth-order valence-electron chi connectivity index (χ4n) is 9.46. The first-order valence-electron chi connectivity index (χ1n) is 30.0. The van der Waals surface area contributed by atoms with Crippen molar-refractivity contribution in [3.05, 3.63) is 12.2 Å². The van der Waals surface area contributed by atoms with Crippen LogP contribution in [0.1, 0.15) is 335 Å². The van der Waals surface area contributed by atoms with Crippen LogP contribution in [0.5, 0.6) is 0 Å². The molecule has 66 heavy (non-hydrogen) atoms. The molecule has 0 rings (SSSR count). The lowest BCUT2D eigenvalue weighted by molar-refractivity contribution is -0.143. The lowest BCUT2D eigenvalue weighted by Gasteiger charge is -2.20. The highest BCUT2D eigenvalue weighted by Crippen LogP contribution is 2.18. The standard InChI is InChI=1S/C60H117NO5/c1-3-5-7-9-11-13-14-15-16-24-28-31-34-38-42-46-50-54-60(65)66-55-51-47-43-39-35-32-29-26-23-21-19-17-18-20-22-25-27-30-33-37-41-45-49-53-59(64)61-57(56-62)58(63)52-48-44-40-36-12-10-8-6-4-2/h48,52,57-58,62-63H,3-47,49-51,53-56H2,1-2H3,(H,61,64)/b52-48+. The minimum atomic E-state index is -0.841. The van der Waals surface area contributed by atoms with Gasteiger partial charge in [0.15, 0.2) is 0 Å².